The van der Waals surface area contributed by atoms with Crippen molar-refractivity contribution in [2.24, 2.45) is 0 Å². The van der Waals surface area contributed by atoms with Crippen molar-refractivity contribution in [2.75, 3.05) is 25.5 Å². The van der Waals surface area contributed by atoms with Crippen molar-refractivity contribution in [3.63, 3.8) is 0 Å². The molecule has 0 fully saturated rings. The smallest absolute Gasteiger partial charge is 0.136 e. The Balaban J connectivity index is 1.44. The predicted octanol–water partition coefficient (Wildman–Crippen LogP) is 5.41. The topological polar surface area (TPSA) is 41.0 Å². The summed E-state index contributed by atoms with van der Waals surface area (Å²) >= 11 is 1.23. The maximum absolute atomic E-state index is 14.1. The summed E-state index contributed by atoms with van der Waals surface area (Å²) in [6.07, 6.45) is 3.78. The number of rotatable bonds is 3. The van der Waals surface area contributed by atoms with Gasteiger partial charge < -0.3 is 10.2 Å². The summed E-state index contributed by atoms with van der Waals surface area (Å²) in [6.45, 7) is 2.13. The van der Waals surface area contributed by atoms with Crippen molar-refractivity contribution in [1.82, 2.24) is 14.9 Å². The lowest BCUT2D eigenvalue weighted by atomic mass is 10.0. The molecule has 0 unspecified atom stereocenters. The molecule has 0 amide bonds. The third-order valence-corrected chi connectivity index (χ3v) is 6.48. The summed E-state index contributed by atoms with van der Waals surface area (Å²) in [4.78, 5) is 11.3. The zero-order valence-electron chi connectivity index (χ0n) is 16.5. The molecule has 2 aromatic carbocycles. The minimum Gasteiger partial charge on any atom is -0.340 e. The van der Waals surface area contributed by atoms with Crippen LogP contribution in [0.25, 0.3) is 20.8 Å². The summed E-state index contributed by atoms with van der Waals surface area (Å²) in [7, 11) is 2.15. The van der Waals surface area contributed by atoms with Crippen molar-refractivity contribution in [1.29, 1.82) is 0 Å². The first-order chi connectivity index (χ1) is 14.6. The average molecular weight is 423 g/mol. The number of aromatic nitrogens is 2. The van der Waals surface area contributed by atoms with E-state index in [1.165, 1.54) is 40.7 Å². The first kappa shape index (κ1) is 19.1. The number of thiazole rings is 1. The van der Waals surface area contributed by atoms with Gasteiger partial charge in [-0.2, -0.15) is 0 Å². The van der Waals surface area contributed by atoms with E-state index in [1.54, 1.807) is 6.20 Å². The van der Waals surface area contributed by atoms with Gasteiger partial charge in [0.25, 0.3) is 0 Å². The highest BCUT2D eigenvalue weighted by molar-refractivity contribution is 7.21. The number of likely N-dealkylation sites (N-methyl/N-ethyl adjacent to an activating group) is 1. The first-order valence-electron chi connectivity index (χ1n) is 9.85. The lowest BCUT2D eigenvalue weighted by Gasteiger charge is -2.11. The van der Waals surface area contributed by atoms with E-state index in [9.17, 15) is 8.78 Å². The van der Waals surface area contributed by atoms with E-state index in [2.05, 4.69) is 45.4 Å². The van der Waals surface area contributed by atoms with E-state index in [4.69, 9.17) is 0 Å². The van der Waals surface area contributed by atoms with Gasteiger partial charge in [0.05, 0.1) is 15.8 Å². The van der Waals surface area contributed by atoms with Crippen LogP contribution in [0.4, 0.5) is 20.3 Å². The first-order valence-corrected chi connectivity index (χ1v) is 10.7. The van der Waals surface area contributed by atoms with Crippen molar-refractivity contribution >= 4 is 33.1 Å². The molecule has 4 aromatic rings. The lowest BCUT2D eigenvalue weighted by molar-refractivity contribution is 0.352. The van der Waals surface area contributed by atoms with Gasteiger partial charge in [0.15, 0.2) is 0 Å². The quantitative estimate of drug-likeness (QED) is 0.479. The Labute approximate surface area is 177 Å². The van der Waals surface area contributed by atoms with Gasteiger partial charge in [0.2, 0.25) is 0 Å². The largest absolute Gasteiger partial charge is 0.340 e. The van der Waals surface area contributed by atoms with Crippen LogP contribution >= 0.6 is 11.3 Å². The van der Waals surface area contributed by atoms with Gasteiger partial charge in [-0.05, 0) is 55.3 Å². The van der Waals surface area contributed by atoms with E-state index in [0.29, 0.717) is 16.3 Å². The molecular weight excluding hydrogens is 402 g/mol. The fourth-order valence-corrected chi connectivity index (χ4v) is 4.74. The van der Waals surface area contributed by atoms with Crippen molar-refractivity contribution in [2.45, 2.75) is 12.8 Å². The molecule has 5 rings (SSSR count). The minimum atomic E-state index is -0.615. The fourth-order valence-electron chi connectivity index (χ4n) is 3.77. The minimum absolute atomic E-state index is 0.0936. The molecule has 30 heavy (non-hydrogen) atoms. The number of nitrogens with one attached hydrogen (secondary N) is 1. The van der Waals surface area contributed by atoms with E-state index >= 15 is 0 Å². The number of halogens is 2. The maximum Gasteiger partial charge on any atom is 0.136 e. The number of benzene rings is 2. The molecule has 0 bridgehead atoms. The second-order valence-electron chi connectivity index (χ2n) is 7.56. The molecule has 1 aliphatic rings. The summed E-state index contributed by atoms with van der Waals surface area (Å²) in [6, 6.07) is 12.1. The highest BCUT2D eigenvalue weighted by Gasteiger charge is 2.16. The van der Waals surface area contributed by atoms with Gasteiger partial charge in [-0.3, -0.25) is 0 Å². The molecule has 2 aromatic heterocycles. The normalized spacial score (nSPS) is 14.5. The molecule has 7 heteroatoms. The Morgan fingerprint density at radius 1 is 1.00 bits per heavy atom. The van der Waals surface area contributed by atoms with Crippen LogP contribution in [0.2, 0.25) is 0 Å². The average Bonchev–Trinajstić information content (AvgIpc) is 3.04. The Kier molecular flexibility index (Phi) is 4.92. The molecule has 0 aliphatic carbocycles. The number of hydrogen-bond acceptors (Lipinski definition) is 5. The zero-order valence-corrected chi connectivity index (χ0v) is 17.3. The Morgan fingerprint density at radius 3 is 2.57 bits per heavy atom. The molecule has 0 spiro atoms. The van der Waals surface area contributed by atoms with Crippen LogP contribution in [-0.4, -0.2) is 35.0 Å². The lowest BCUT2D eigenvalue weighted by Crippen LogP contribution is -2.20. The van der Waals surface area contributed by atoms with Crippen LogP contribution in [-0.2, 0) is 12.8 Å². The van der Waals surface area contributed by atoms with Crippen LogP contribution < -0.4 is 5.32 Å². The van der Waals surface area contributed by atoms with Crippen molar-refractivity contribution < 1.29 is 8.78 Å². The SMILES string of the molecule is CN1CCc2ccc(Nc3cc4nc(-c5c(F)cccc5F)sc4cn3)cc2CC1. The number of nitrogens with zero attached hydrogens (tertiary/aromatic N) is 3. The number of anilines is 2. The molecule has 3 heterocycles. The van der Waals surface area contributed by atoms with Gasteiger partial charge in [-0.25, -0.2) is 18.7 Å². The van der Waals surface area contributed by atoms with Crippen LogP contribution in [0.3, 0.4) is 0 Å². The summed E-state index contributed by atoms with van der Waals surface area (Å²) < 4.78 is 29.0. The fraction of sp³-hybridized carbons (Fsp3) is 0.217. The van der Waals surface area contributed by atoms with Crippen LogP contribution in [0.5, 0.6) is 0 Å². The Hall–Kier alpha value is -2.90. The predicted molar refractivity (Wildman–Crippen MR) is 117 cm³/mol. The highest BCUT2D eigenvalue weighted by atomic mass is 32.1. The van der Waals surface area contributed by atoms with Crippen LogP contribution in [0, 0.1) is 11.6 Å². The van der Waals surface area contributed by atoms with Crippen molar-refractivity contribution in [3.05, 3.63) is 71.4 Å². The van der Waals surface area contributed by atoms with Gasteiger partial charge in [0.1, 0.15) is 22.5 Å². The van der Waals surface area contributed by atoms with Gasteiger partial charge in [-0.15, -0.1) is 11.3 Å². The molecule has 4 nitrogen and oxygen atoms in total. The van der Waals surface area contributed by atoms with Crippen molar-refractivity contribution in [3.8, 4) is 10.6 Å². The molecular formula is C23H20F2N4S. The van der Waals surface area contributed by atoms with E-state index in [-0.39, 0.29) is 5.56 Å². The number of hydrogen-bond donors (Lipinski definition) is 1. The summed E-state index contributed by atoms with van der Waals surface area (Å²) in [5.74, 6) is -0.578. The molecule has 0 saturated heterocycles. The molecule has 0 atom stereocenters. The zero-order chi connectivity index (χ0) is 20.7. The standard InChI is InChI=1S/C23H20F2N4S/c1-29-9-7-14-5-6-16(11-15(14)8-10-29)27-21-12-19-20(13-26-21)30-23(28-19)22-17(24)3-2-4-18(22)25/h2-6,11-13H,7-10H2,1H3,(H,26,27). The summed E-state index contributed by atoms with van der Waals surface area (Å²) in [5, 5.41) is 3.65. The van der Waals surface area contributed by atoms with Gasteiger partial charge in [0, 0.05) is 31.0 Å². The van der Waals surface area contributed by atoms with E-state index in [1.807, 2.05) is 6.07 Å². The monoisotopic (exact) mass is 422 g/mol. The summed E-state index contributed by atoms with van der Waals surface area (Å²) in [5.41, 5.74) is 4.29. The third-order valence-electron chi connectivity index (χ3n) is 5.46. The van der Waals surface area contributed by atoms with Crippen LogP contribution in [0.15, 0.2) is 48.7 Å². The maximum atomic E-state index is 14.1. The number of pyridine rings is 1. The second-order valence-corrected chi connectivity index (χ2v) is 8.60. The third kappa shape index (κ3) is 3.66. The van der Waals surface area contributed by atoms with Gasteiger partial charge in [-0.1, -0.05) is 12.1 Å². The molecule has 1 aliphatic heterocycles. The molecule has 0 saturated carbocycles. The molecule has 1 N–H and O–H groups in total. The van der Waals surface area contributed by atoms with Gasteiger partial charge >= 0.3 is 0 Å². The number of fused-ring (bicyclic) bond motifs is 2. The molecule has 0 radical (unpaired) electrons. The Morgan fingerprint density at radius 2 is 1.77 bits per heavy atom. The second kappa shape index (κ2) is 7.74. The van der Waals surface area contributed by atoms with E-state index in [0.717, 1.165) is 36.3 Å². The molecule has 152 valence electrons. The van der Waals surface area contributed by atoms with E-state index < -0.39 is 11.6 Å². The highest BCUT2D eigenvalue weighted by Crippen LogP contribution is 2.34. The Bertz CT molecular complexity index is 1220. The van der Waals surface area contributed by atoms with Crippen LogP contribution in [0.1, 0.15) is 11.1 Å².